The standard InChI is InChI=1S/C11H12F3N3O/c12-11(13,14)6-16-10(18)17-4-3-7-5-8(15)1-2-9(7)17/h1-2,5H,3-4,6,15H2,(H,16,18). The molecule has 18 heavy (non-hydrogen) atoms. The average molecular weight is 259 g/mol. The summed E-state index contributed by atoms with van der Waals surface area (Å²) in [6.07, 6.45) is -3.81. The number of carbonyl (C=O) groups is 1. The molecule has 0 bridgehead atoms. The van der Waals surface area contributed by atoms with Crippen molar-refractivity contribution in [3.63, 3.8) is 0 Å². The second-order valence-electron chi connectivity index (χ2n) is 4.06. The molecule has 4 nitrogen and oxygen atoms in total. The number of nitrogens with zero attached hydrogens (tertiary/aromatic N) is 1. The van der Waals surface area contributed by atoms with Crippen LogP contribution in [0.4, 0.5) is 29.3 Å². The number of halogens is 3. The zero-order valence-corrected chi connectivity index (χ0v) is 9.42. The van der Waals surface area contributed by atoms with Gasteiger partial charge >= 0.3 is 12.2 Å². The first kappa shape index (κ1) is 12.5. The third kappa shape index (κ3) is 2.66. The first-order valence-electron chi connectivity index (χ1n) is 5.37. The van der Waals surface area contributed by atoms with Gasteiger partial charge in [-0.15, -0.1) is 0 Å². The Hall–Kier alpha value is -1.92. The van der Waals surface area contributed by atoms with Crippen molar-refractivity contribution < 1.29 is 18.0 Å². The molecule has 0 spiro atoms. The molecule has 2 rings (SSSR count). The molecule has 0 aromatic heterocycles. The molecule has 0 aliphatic carbocycles. The quantitative estimate of drug-likeness (QED) is 0.757. The van der Waals surface area contributed by atoms with Gasteiger partial charge in [-0.2, -0.15) is 13.2 Å². The van der Waals surface area contributed by atoms with Crippen molar-refractivity contribution in [1.29, 1.82) is 0 Å². The fourth-order valence-electron chi connectivity index (χ4n) is 1.90. The molecule has 98 valence electrons. The molecule has 1 heterocycles. The van der Waals surface area contributed by atoms with Gasteiger partial charge in [-0.1, -0.05) is 0 Å². The maximum atomic E-state index is 12.0. The van der Waals surface area contributed by atoms with Gasteiger partial charge < -0.3 is 11.1 Å². The average Bonchev–Trinajstić information content (AvgIpc) is 2.67. The number of alkyl halides is 3. The number of nitrogen functional groups attached to an aromatic ring is 1. The second-order valence-corrected chi connectivity index (χ2v) is 4.06. The summed E-state index contributed by atoms with van der Waals surface area (Å²) >= 11 is 0. The van der Waals surface area contributed by atoms with Crippen LogP contribution in [0.2, 0.25) is 0 Å². The summed E-state index contributed by atoms with van der Waals surface area (Å²) in [5.41, 5.74) is 7.66. The molecule has 0 unspecified atom stereocenters. The van der Waals surface area contributed by atoms with Gasteiger partial charge in [-0.05, 0) is 30.2 Å². The van der Waals surface area contributed by atoms with Gasteiger partial charge in [0.2, 0.25) is 0 Å². The Morgan fingerprint density at radius 1 is 1.44 bits per heavy atom. The summed E-state index contributed by atoms with van der Waals surface area (Å²) in [6, 6.07) is 4.25. The van der Waals surface area contributed by atoms with Crippen LogP contribution in [0.3, 0.4) is 0 Å². The predicted molar refractivity (Wildman–Crippen MR) is 61.4 cm³/mol. The lowest BCUT2D eigenvalue weighted by Gasteiger charge is -2.18. The Balaban J connectivity index is 2.07. The lowest BCUT2D eigenvalue weighted by Crippen LogP contribution is -2.43. The van der Waals surface area contributed by atoms with Crippen molar-refractivity contribution in [2.75, 3.05) is 23.7 Å². The van der Waals surface area contributed by atoms with Crippen molar-refractivity contribution in [3.05, 3.63) is 23.8 Å². The molecule has 0 saturated carbocycles. The van der Waals surface area contributed by atoms with Crippen LogP contribution in [-0.2, 0) is 6.42 Å². The van der Waals surface area contributed by atoms with E-state index < -0.39 is 18.8 Å². The van der Waals surface area contributed by atoms with Gasteiger partial charge in [-0.3, -0.25) is 4.90 Å². The summed E-state index contributed by atoms with van der Waals surface area (Å²) in [7, 11) is 0. The highest BCUT2D eigenvalue weighted by atomic mass is 19.4. The maximum Gasteiger partial charge on any atom is 0.405 e. The van der Waals surface area contributed by atoms with Crippen LogP contribution < -0.4 is 16.0 Å². The van der Waals surface area contributed by atoms with Crippen LogP contribution in [0.5, 0.6) is 0 Å². The largest absolute Gasteiger partial charge is 0.405 e. The zero-order valence-electron chi connectivity index (χ0n) is 9.42. The highest BCUT2D eigenvalue weighted by molar-refractivity contribution is 5.94. The molecule has 0 atom stereocenters. The molecular weight excluding hydrogens is 247 g/mol. The number of hydrogen-bond donors (Lipinski definition) is 2. The molecule has 2 amide bonds. The number of anilines is 2. The molecule has 0 saturated heterocycles. The van der Waals surface area contributed by atoms with E-state index in [-0.39, 0.29) is 0 Å². The van der Waals surface area contributed by atoms with E-state index >= 15 is 0 Å². The van der Waals surface area contributed by atoms with E-state index in [0.717, 1.165) is 5.56 Å². The molecule has 1 aromatic rings. The number of carbonyl (C=O) groups excluding carboxylic acids is 1. The van der Waals surface area contributed by atoms with E-state index in [4.69, 9.17) is 5.73 Å². The van der Waals surface area contributed by atoms with E-state index in [0.29, 0.717) is 24.3 Å². The van der Waals surface area contributed by atoms with Crippen molar-refractivity contribution in [1.82, 2.24) is 5.32 Å². The number of nitrogens with one attached hydrogen (secondary N) is 1. The van der Waals surface area contributed by atoms with Gasteiger partial charge in [0.1, 0.15) is 6.54 Å². The fraction of sp³-hybridized carbons (Fsp3) is 0.364. The molecular formula is C11H12F3N3O. The van der Waals surface area contributed by atoms with Crippen LogP contribution in [0.15, 0.2) is 18.2 Å². The monoisotopic (exact) mass is 259 g/mol. The molecule has 0 fully saturated rings. The summed E-state index contributed by atoms with van der Waals surface area (Å²) in [4.78, 5) is 12.9. The number of benzene rings is 1. The first-order chi connectivity index (χ1) is 8.37. The summed E-state index contributed by atoms with van der Waals surface area (Å²) in [5, 5.41) is 1.85. The molecule has 1 aliphatic heterocycles. The van der Waals surface area contributed by atoms with Crippen molar-refractivity contribution in [2.45, 2.75) is 12.6 Å². The van der Waals surface area contributed by atoms with Gasteiger partial charge in [-0.25, -0.2) is 4.79 Å². The maximum absolute atomic E-state index is 12.0. The molecule has 1 aliphatic rings. The zero-order chi connectivity index (χ0) is 13.3. The second kappa shape index (κ2) is 4.40. The minimum atomic E-state index is -4.40. The van der Waals surface area contributed by atoms with Crippen LogP contribution in [-0.4, -0.2) is 25.3 Å². The minimum Gasteiger partial charge on any atom is -0.399 e. The summed E-state index contributed by atoms with van der Waals surface area (Å²) < 4.78 is 36.0. The number of nitrogens with two attached hydrogens (primary N) is 1. The number of amides is 2. The normalized spacial score (nSPS) is 14.5. The summed E-state index contributed by atoms with van der Waals surface area (Å²) in [5.74, 6) is 0. The lowest BCUT2D eigenvalue weighted by molar-refractivity contribution is -0.122. The first-order valence-corrected chi connectivity index (χ1v) is 5.37. The van der Waals surface area contributed by atoms with Gasteiger partial charge in [0, 0.05) is 17.9 Å². The van der Waals surface area contributed by atoms with Crippen LogP contribution in [0.1, 0.15) is 5.56 Å². The third-order valence-electron chi connectivity index (χ3n) is 2.68. The van der Waals surface area contributed by atoms with Crippen LogP contribution in [0, 0.1) is 0 Å². The SMILES string of the molecule is Nc1ccc2c(c1)CCN2C(=O)NCC(F)(F)F. The topological polar surface area (TPSA) is 58.4 Å². The summed E-state index contributed by atoms with van der Waals surface area (Å²) in [6.45, 7) is -0.963. The highest BCUT2D eigenvalue weighted by Crippen LogP contribution is 2.29. The smallest absolute Gasteiger partial charge is 0.399 e. The van der Waals surface area contributed by atoms with Crippen LogP contribution >= 0.6 is 0 Å². The molecule has 3 N–H and O–H groups in total. The Morgan fingerprint density at radius 2 is 2.17 bits per heavy atom. The Morgan fingerprint density at radius 3 is 2.83 bits per heavy atom. The van der Waals surface area contributed by atoms with E-state index in [9.17, 15) is 18.0 Å². The van der Waals surface area contributed by atoms with E-state index in [1.54, 1.807) is 18.2 Å². The van der Waals surface area contributed by atoms with Gasteiger partial charge in [0.25, 0.3) is 0 Å². The highest BCUT2D eigenvalue weighted by Gasteiger charge is 2.30. The Bertz CT molecular complexity index is 473. The predicted octanol–water partition coefficient (Wildman–Crippen LogP) is 1.90. The Kier molecular flexibility index (Phi) is 3.06. The third-order valence-corrected chi connectivity index (χ3v) is 2.68. The van der Waals surface area contributed by atoms with Crippen molar-refractivity contribution in [3.8, 4) is 0 Å². The number of fused-ring (bicyclic) bond motifs is 1. The number of hydrogen-bond acceptors (Lipinski definition) is 2. The van der Waals surface area contributed by atoms with E-state index in [2.05, 4.69) is 0 Å². The van der Waals surface area contributed by atoms with E-state index in [1.807, 2.05) is 5.32 Å². The van der Waals surface area contributed by atoms with Gasteiger partial charge in [0.05, 0.1) is 0 Å². The number of urea groups is 1. The minimum absolute atomic E-state index is 0.364. The van der Waals surface area contributed by atoms with E-state index in [1.165, 1.54) is 4.90 Å². The van der Waals surface area contributed by atoms with Gasteiger partial charge in [0.15, 0.2) is 0 Å². The number of rotatable bonds is 1. The van der Waals surface area contributed by atoms with Crippen LogP contribution in [0.25, 0.3) is 0 Å². The van der Waals surface area contributed by atoms with Crippen molar-refractivity contribution in [2.24, 2.45) is 0 Å². The lowest BCUT2D eigenvalue weighted by atomic mass is 10.1. The molecule has 0 radical (unpaired) electrons. The van der Waals surface area contributed by atoms with Crippen molar-refractivity contribution >= 4 is 17.4 Å². The fourth-order valence-corrected chi connectivity index (χ4v) is 1.90. The Labute approximate surface area is 102 Å². The molecule has 7 heteroatoms. The molecule has 1 aromatic carbocycles.